The molecule has 4 nitrogen and oxygen atoms in total. The van der Waals surface area contributed by atoms with Gasteiger partial charge in [-0.3, -0.25) is 4.57 Å². The Hall–Kier alpha value is 0.110. The highest BCUT2D eigenvalue weighted by molar-refractivity contribution is 7.55. The molecule has 1 aliphatic heterocycles. The molecule has 0 aromatic heterocycles. The van der Waals surface area contributed by atoms with E-state index in [2.05, 4.69) is 21.1 Å². The van der Waals surface area contributed by atoms with Gasteiger partial charge >= 0.3 is 0 Å². The van der Waals surface area contributed by atoms with Crippen molar-refractivity contribution in [3.05, 3.63) is 0 Å². The van der Waals surface area contributed by atoms with Crippen LogP contribution in [0.5, 0.6) is 0 Å². The second-order valence-corrected chi connectivity index (χ2v) is 7.95. The van der Waals surface area contributed by atoms with Gasteiger partial charge in [0.15, 0.2) is 0 Å². The fraction of sp³-hybridized carbons (Fsp3) is 1.00. The van der Waals surface area contributed by atoms with Gasteiger partial charge < -0.3 is 9.01 Å². The average Bonchev–Trinajstić information content (AvgIpc) is 2.42. The quantitative estimate of drug-likeness (QED) is 0.579. The molecular formula is C15H38N2O2P+. The standard InChI is InChI=1S/C11H26N2O2P.2C2H6/c1-6-15-16(5,14)12-9-7-11(8-10-12)13(2,3)4;2*1-2/h11H,6-10H2,1-5H3;2*1-2H3/q+1;;. The first-order valence-corrected chi connectivity index (χ1v) is 10.1. The van der Waals surface area contributed by atoms with Gasteiger partial charge in [-0.1, -0.05) is 27.7 Å². The molecule has 0 aromatic carbocycles. The third kappa shape index (κ3) is 7.78. The average molecular weight is 309 g/mol. The van der Waals surface area contributed by atoms with Crippen LogP contribution in [-0.2, 0) is 9.09 Å². The highest BCUT2D eigenvalue weighted by atomic mass is 31.2. The maximum Gasteiger partial charge on any atom is 0.269 e. The summed E-state index contributed by atoms with van der Waals surface area (Å²) >= 11 is 0. The van der Waals surface area contributed by atoms with Crippen LogP contribution < -0.4 is 0 Å². The summed E-state index contributed by atoms with van der Waals surface area (Å²) in [6.45, 7) is 14.0. The summed E-state index contributed by atoms with van der Waals surface area (Å²) in [6, 6.07) is 0.679. The van der Waals surface area contributed by atoms with E-state index in [-0.39, 0.29) is 0 Å². The molecule has 0 radical (unpaired) electrons. The monoisotopic (exact) mass is 309 g/mol. The van der Waals surface area contributed by atoms with Gasteiger partial charge in [0.2, 0.25) is 0 Å². The highest BCUT2D eigenvalue weighted by Crippen LogP contribution is 2.48. The minimum Gasteiger partial charge on any atom is -0.328 e. The molecular weight excluding hydrogens is 271 g/mol. The van der Waals surface area contributed by atoms with Crippen molar-refractivity contribution in [1.82, 2.24) is 4.67 Å². The Bertz CT molecular complexity index is 270. The number of hydrogen-bond acceptors (Lipinski definition) is 2. The second kappa shape index (κ2) is 10.8. The molecule has 1 heterocycles. The van der Waals surface area contributed by atoms with E-state index in [1.54, 1.807) is 6.66 Å². The first kappa shape index (κ1) is 22.4. The van der Waals surface area contributed by atoms with Crippen LogP contribution in [-0.4, -0.2) is 62.7 Å². The molecule has 1 unspecified atom stereocenters. The van der Waals surface area contributed by atoms with Crippen LogP contribution in [0.4, 0.5) is 0 Å². The third-order valence-electron chi connectivity index (χ3n) is 3.42. The summed E-state index contributed by atoms with van der Waals surface area (Å²) in [4.78, 5) is 0. The predicted molar refractivity (Wildman–Crippen MR) is 90.5 cm³/mol. The van der Waals surface area contributed by atoms with Crippen molar-refractivity contribution in [3.8, 4) is 0 Å². The maximum atomic E-state index is 12.2. The first-order chi connectivity index (χ1) is 9.27. The van der Waals surface area contributed by atoms with Gasteiger partial charge in [0.1, 0.15) is 0 Å². The van der Waals surface area contributed by atoms with Crippen molar-refractivity contribution in [2.45, 2.75) is 53.5 Å². The Balaban J connectivity index is 0. The molecule has 1 aliphatic rings. The molecule has 0 spiro atoms. The Morgan fingerprint density at radius 3 is 1.80 bits per heavy atom. The lowest BCUT2D eigenvalue weighted by Crippen LogP contribution is -2.50. The molecule has 0 N–H and O–H groups in total. The minimum absolute atomic E-state index is 0.531. The smallest absolute Gasteiger partial charge is 0.269 e. The molecule has 1 atom stereocenters. The number of nitrogens with zero attached hydrogens (tertiary/aromatic N) is 2. The molecule has 0 aromatic rings. The molecule has 0 amide bonds. The number of rotatable bonds is 4. The van der Waals surface area contributed by atoms with Crippen LogP contribution in [0.15, 0.2) is 0 Å². The van der Waals surface area contributed by atoms with Crippen molar-refractivity contribution < 1.29 is 13.6 Å². The van der Waals surface area contributed by atoms with Crippen LogP contribution in [0, 0.1) is 0 Å². The van der Waals surface area contributed by atoms with Gasteiger partial charge in [0.05, 0.1) is 33.8 Å². The van der Waals surface area contributed by atoms with Gasteiger partial charge in [-0.25, -0.2) is 4.67 Å². The molecule has 0 bridgehead atoms. The van der Waals surface area contributed by atoms with Gasteiger partial charge in [-0.2, -0.15) is 0 Å². The highest BCUT2D eigenvalue weighted by Gasteiger charge is 2.34. The van der Waals surface area contributed by atoms with E-state index in [1.165, 1.54) is 0 Å². The zero-order chi connectivity index (χ0) is 16.4. The van der Waals surface area contributed by atoms with E-state index in [1.807, 2.05) is 39.3 Å². The SMILES string of the molecule is CC.CC.CCOP(C)(=O)N1CCC([N+](C)(C)C)CC1. The fourth-order valence-electron chi connectivity index (χ4n) is 2.31. The molecule has 0 saturated carbocycles. The summed E-state index contributed by atoms with van der Waals surface area (Å²) in [6.07, 6.45) is 2.21. The molecule has 0 aliphatic carbocycles. The Kier molecular flexibility index (Phi) is 12.1. The molecule has 20 heavy (non-hydrogen) atoms. The fourth-order valence-corrected chi connectivity index (χ4v) is 3.91. The summed E-state index contributed by atoms with van der Waals surface area (Å²) < 4.78 is 20.6. The predicted octanol–water partition coefficient (Wildman–Crippen LogP) is 4.07. The first-order valence-electron chi connectivity index (χ1n) is 8.06. The summed E-state index contributed by atoms with van der Waals surface area (Å²) in [5, 5.41) is 0. The maximum absolute atomic E-state index is 12.2. The van der Waals surface area contributed by atoms with Gasteiger partial charge in [-0.15, -0.1) is 0 Å². The van der Waals surface area contributed by atoms with Crippen molar-refractivity contribution >= 4 is 7.52 Å². The number of piperidine rings is 1. The van der Waals surface area contributed by atoms with Gasteiger partial charge in [0.25, 0.3) is 7.52 Å². The lowest BCUT2D eigenvalue weighted by atomic mass is 10.0. The van der Waals surface area contributed by atoms with Crippen LogP contribution in [0.25, 0.3) is 0 Å². The second-order valence-electron chi connectivity index (χ2n) is 5.52. The Morgan fingerprint density at radius 2 is 1.50 bits per heavy atom. The molecule has 5 heteroatoms. The summed E-state index contributed by atoms with van der Waals surface area (Å²) in [7, 11) is 4.17. The molecule has 1 fully saturated rings. The van der Waals surface area contributed by atoms with E-state index >= 15 is 0 Å². The van der Waals surface area contributed by atoms with E-state index < -0.39 is 7.52 Å². The van der Waals surface area contributed by atoms with Crippen LogP contribution in [0.1, 0.15) is 47.5 Å². The van der Waals surface area contributed by atoms with Crippen molar-refractivity contribution in [2.75, 3.05) is 47.5 Å². The zero-order valence-corrected chi connectivity index (χ0v) is 16.2. The van der Waals surface area contributed by atoms with E-state index in [0.717, 1.165) is 30.4 Å². The zero-order valence-electron chi connectivity index (χ0n) is 15.3. The van der Waals surface area contributed by atoms with Gasteiger partial charge in [-0.05, 0) is 6.92 Å². The minimum atomic E-state index is -2.52. The van der Waals surface area contributed by atoms with E-state index in [0.29, 0.717) is 12.6 Å². The molecule has 124 valence electrons. The van der Waals surface area contributed by atoms with E-state index in [9.17, 15) is 4.57 Å². The van der Waals surface area contributed by atoms with Gasteiger partial charge in [0, 0.05) is 32.6 Å². The molecule has 1 rings (SSSR count). The Labute approximate surface area is 127 Å². The lowest BCUT2D eigenvalue weighted by Gasteiger charge is -2.41. The van der Waals surface area contributed by atoms with Crippen molar-refractivity contribution in [1.29, 1.82) is 0 Å². The number of quaternary nitrogens is 1. The van der Waals surface area contributed by atoms with Crippen LogP contribution in [0.2, 0.25) is 0 Å². The summed E-state index contributed by atoms with van der Waals surface area (Å²) in [5.74, 6) is 0. The van der Waals surface area contributed by atoms with Crippen LogP contribution in [0.3, 0.4) is 0 Å². The Morgan fingerprint density at radius 1 is 1.10 bits per heavy atom. The van der Waals surface area contributed by atoms with E-state index in [4.69, 9.17) is 4.52 Å². The lowest BCUT2D eigenvalue weighted by molar-refractivity contribution is -0.897. The van der Waals surface area contributed by atoms with Crippen molar-refractivity contribution in [3.63, 3.8) is 0 Å². The van der Waals surface area contributed by atoms with Crippen LogP contribution >= 0.6 is 7.52 Å². The third-order valence-corrected chi connectivity index (χ3v) is 5.58. The largest absolute Gasteiger partial charge is 0.328 e. The normalized spacial score (nSPS) is 20.1. The van der Waals surface area contributed by atoms with Crippen molar-refractivity contribution in [2.24, 2.45) is 0 Å². The number of hydrogen-bond donors (Lipinski definition) is 0. The topological polar surface area (TPSA) is 29.5 Å². The summed E-state index contributed by atoms with van der Waals surface area (Å²) in [5.41, 5.74) is 0. The molecule has 1 saturated heterocycles.